The van der Waals surface area contributed by atoms with Gasteiger partial charge in [0.2, 0.25) is 0 Å². The minimum Gasteiger partial charge on any atom is -0.348 e. The molecule has 1 aliphatic carbocycles. The van der Waals surface area contributed by atoms with Crippen molar-refractivity contribution in [3.8, 4) is 0 Å². The second-order valence-corrected chi connectivity index (χ2v) is 6.39. The Kier molecular flexibility index (Phi) is 3.96. The molecule has 1 N–H and O–H groups in total. The van der Waals surface area contributed by atoms with Crippen molar-refractivity contribution in [1.29, 1.82) is 0 Å². The largest absolute Gasteiger partial charge is 0.348 e. The number of nitrogens with one attached hydrogen (secondary N) is 1. The molecule has 0 spiro atoms. The van der Waals surface area contributed by atoms with E-state index in [0.29, 0.717) is 24.8 Å². The molecule has 21 heavy (non-hydrogen) atoms. The second kappa shape index (κ2) is 5.74. The molecule has 3 rings (SSSR count). The van der Waals surface area contributed by atoms with E-state index < -0.39 is 0 Å². The fourth-order valence-electron chi connectivity index (χ4n) is 2.01. The topological polar surface area (TPSA) is 85.8 Å². The number of rotatable bonds is 5. The van der Waals surface area contributed by atoms with Gasteiger partial charge < -0.3 is 9.84 Å². The minimum absolute atomic E-state index is 0.0156. The Hall–Kier alpha value is -1.45. The Bertz CT molecular complexity index is 674. The predicted octanol–water partition coefficient (Wildman–Crippen LogP) is 1.68. The van der Waals surface area contributed by atoms with E-state index in [1.54, 1.807) is 0 Å². The zero-order valence-corrected chi connectivity index (χ0v) is 14.0. The van der Waals surface area contributed by atoms with E-state index in [1.165, 1.54) is 12.8 Å². The highest BCUT2D eigenvalue weighted by molar-refractivity contribution is 14.1. The van der Waals surface area contributed by atoms with Gasteiger partial charge in [0.25, 0.3) is 0 Å². The summed E-state index contributed by atoms with van der Waals surface area (Å²) in [6, 6.07) is 0. The van der Waals surface area contributed by atoms with Crippen molar-refractivity contribution in [3.63, 3.8) is 0 Å². The molecule has 0 aromatic carbocycles. The number of amides is 1. The van der Waals surface area contributed by atoms with Crippen molar-refractivity contribution in [2.24, 2.45) is 5.92 Å². The normalized spacial score (nSPS) is 14.4. The lowest BCUT2D eigenvalue weighted by molar-refractivity contribution is 0.0908. The van der Waals surface area contributed by atoms with Crippen LogP contribution in [0.5, 0.6) is 0 Å². The molecular weight excluding hydrogens is 385 g/mol. The molecule has 112 valence electrons. The van der Waals surface area contributed by atoms with Crippen molar-refractivity contribution >= 4 is 28.5 Å². The summed E-state index contributed by atoms with van der Waals surface area (Å²) >= 11 is 2.26. The number of aryl methyl sites for hydroxylation is 1. The SMILES string of the molecule is Cc1nn(Cc2noc(C(=O)NCC3CC3)n2)c(C)c1I. The van der Waals surface area contributed by atoms with Gasteiger partial charge >= 0.3 is 11.8 Å². The van der Waals surface area contributed by atoms with E-state index >= 15 is 0 Å². The van der Waals surface area contributed by atoms with Crippen LogP contribution < -0.4 is 5.32 Å². The van der Waals surface area contributed by atoms with Crippen LogP contribution in [0.25, 0.3) is 0 Å². The predicted molar refractivity (Wildman–Crippen MR) is 82.9 cm³/mol. The van der Waals surface area contributed by atoms with E-state index in [2.05, 4.69) is 43.1 Å². The molecule has 2 aromatic rings. The second-order valence-electron chi connectivity index (χ2n) is 5.31. The van der Waals surface area contributed by atoms with Gasteiger partial charge in [-0.2, -0.15) is 10.1 Å². The first kappa shape index (κ1) is 14.5. The summed E-state index contributed by atoms with van der Waals surface area (Å²) in [4.78, 5) is 16.0. The first-order chi connectivity index (χ1) is 10.0. The van der Waals surface area contributed by atoms with E-state index in [-0.39, 0.29) is 11.8 Å². The van der Waals surface area contributed by atoms with E-state index in [9.17, 15) is 4.79 Å². The van der Waals surface area contributed by atoms with Crippen LogP contribution in [0.1, 0.15) is 40.7 Å². The standard InChI is InChI=1S/C13H16IN5O2/c1-7-11(14)8(2)19(17-7)6-10-16-13(21-18-10)12(20)15-5-9-3-4-9/h9H,3-6H2,1-2H3,(H,15,20). The van der Waals surface area contributed by atoms with Crippen LogP contribution in [0.4, 0.5) is 0 Å². The number of nitrogens with zero attached hydrogens (tertiary/aromatic N) is 4. The zero-order valence-electron chi connectivity index (χ0n) is 11.9. The van der Waals surface area contributed by atoms with Gasteiger partial charge in [0.05, 0.1) is 9.26 Å². The zero-order chi connectivity index (χ0) is 15.0. The first-order valence-corrected chi connectivity index (χ1v) is 7.92. The van der Waals surface area contributed by atoms with Crippen molar-refractivity contribution < 1.29 is 9.32 Å². The number of aromatic nitrogens is 4. The van der Waals surface area contributed by atoms with Crippen LogP contribution in [-0.4, -0.2) is 32.4 Å². The molecule has 8 heteroatoms. The molecule has 1 aliphatic rings. The van der Waals surface area contributed by atoms with E-state index in [0.717, 1.165) is 15.0 Å². The van der Waals surface area contributed by atoms with Crippen LogP contribution in [0.3, 0.4) is 0 Å². The lowest BCUT2D eigenvalue weighted by atomic mass is 10.4. The molecule has 0 atom stereocenters. The number of hydrogen-bond acceptors (Lipinski definition) is 5. The Morgan fingerprint density at radius 2 is 2.24 bits per heavy atom. The van der Waals surface area contributed by atoms with Gasteiger partial charge in [-0.25, -0.2) is 0 Å². The Balaban J connectivity index is 1.66. The van der Waals surface area contributed by atoms with Crippen LogP contribution >= 0.6 is 22.6 Å². The Morgan fingerprint density at radius 1 is 1.48 bits per heavy atom. The molecule has 0 radical (unpaired) electrons. The lowest BCUT2D eigenvalue weighted by Gasteiger charge is -1.99. The average molecular weight is 401 g/mol. The van der Waals surface area contributed by atoms with Crippen molar-refractivity contribution in [2.75, 3.05) is 6.54 Å². The van der Waals surface area contributed by atoms with Gasteiger partial charge in [0.15, 0.2) is 5.82 Å². The summed E-state index contributed by atoms with van der Waals surface area (Å²) in [5, 5.41) is 11.1. The first-order valence-electron chi connectivity index (χ1n) is 6.85. The van der Waals surface area contributed by atoms with Crippen LogP contribution in [-0.2, 0) is 6.54 Å². The van der Waals surface area contributed by atoms with E-state index in [1.807, 2.05) is 18.5 Å². The summed E-state index contributed by atoms with van der Waals surface area (Å²) < 4.78 is 7.95. The Morgan fingerprint density at radius 3 is 2.86 bits per heavy atom. The fraction of sp³-hybridized carbons (Fsp3) is 0.538. The van der Waals surface area contributed by atoms with Gasteiger partial charge in [-0.1, -0.05) is 5.16 Å². The molecule has 2 aromatic heterocycles. The summed E-state index contributed by atoms with van der Waals surface area (Å²) in [5.74, 6) is 0.784. The molecule has 2 heterocycles. The fourth-order valence-corrected chi connectivity index (χ4v) is 2.39. The molecule has 0 saturated heterocycles. The lowest BCUT2D eigenvalue weighted by Crippen LogP contribution is -2.25. The maximum absolute atomic E-state index is 11.8. The summed E-state index contributed by atoms with van der Waals surface area (Å²) in [6.45, 7) is 5.03. The molecule has 1 amide bonds. The van der Waals surface area contributed by atoms with Crippen molar-refractivity contribution in [1.82, 2.24) is 25.2 Å². The summed E-state index contributed by atoms with van der Waals surface area (Å²) in [5.41, 5.74) is 2.02. The molecular formula is C13H16IN5O2. The van der Waals surface area contributed by atoms with Gasteiger partial charge in [-0.05, 0) is 55.2 Å². The smallest absolute Gasteiger partial charge is 0.316 e. The summed E-state index contributed by atoms with van der Waals surface area (Å²) in [6.07, 6.45) is 2.37. The van der Waals surface area contributed by atoms with Crippen molar-refractivity contribution in [3.05, 3.63) is 26.7 Å². The van der Waals surface area contributed by atoms with Crippen LogP contribution in [0, 0.1) is 23.3 Å². The highest BCUT2D eigenvalue weighted by Crippen LogP contribution is 2.27. The summed E-state index contributed by atoms with van der Waals surface area (Å²) in [7, 11) is 0. The van der Waals surface area contributed by atoms with Gasteiger partial charge in [0.1, 0.15) is 6.54 Å². The Labute approximate surface area is 135 Å². The number of hydrogen-bond donors (Lipinski definition) is 1. The maximum atomic E-state index is 11.8. The quantitative estimate of drug-likeness (QED) is 0.771. The highest BCUT2D eigenvalue weighted by Gasteiger charge is 2.23. The van der Waals surface area contributed by atoms with Gasteiger partial charge in [0, 0.05) is 12.2 Å². The number of carbonyl (C=O) groups is 1. The van der Waals surface area contributed by atoms with Crippen LogP contribution in [0.2, 0.25) is 0 Å². The monoisotopic (exact) mass is 401 g/mol. The van der Waals surface area contributed by atoms with Crippen LogP contribution in [0.15, 0.2) is 4.52 Å². The number of carbonyl (C=O) groups excluding carboxylic acids is 1. The third kappa shape index (κ3) is 3.25. The molecule has 0 unspecified atom stereocenters. The number of halogens is 1. The molecule has 0 aliphatic heterocycles. The molecule has 1 saturated carbocycles. The maximum Gasteiger partial charge on any atom is 0.316 e. The molecule has 0 bridgehead atoms. The third-order valence-electron chi connectivity index (χ3n) is 3.49. The van der Waals surface area contributed by atoms with Gasteiger partial charge in [-0.15, -0.1) is 0 Å². The molecule has 1 fully saturated rings. The highest BCUT2D eigenvalue weighted by atomic mass is 127. The minimum atomic E-state index is -0.302. The third-order valence-corrected chi connectivity index (χ3v) is 5.06. The molecule has 7 nitrogen and oxygen atoms in total. The van der Waals surface area contributed by atoms with Crippen molar-refractivity contribution in [2.45, 2.75) is 33.2 Å². The van der Waals surface area contributed by atoms with Gasteiger partial charge in [-0.3, -0.25) is 9.48 Å². The van der Waals surface area contributed by atoms with E-state index in [4.69, 9.17) is 4.52 Å². The average Bonchev–Trinajstić information content (AvgIpc) is 3.13.